The molecule has 11 N–H and O–H groups in total. The van der Waals surface area contributed by atoms with Crippen LogP contribution in [0.25, 0.3) is 11.0 Å². The number of nitrogens with zero attached hydrogens (tertiary/aromatic N) is 3. The highest BCUT2D eigenvalue weighted by Crippen LogP contribution is 2.56. The van der Waals surface area contributed by atoms with E-state index in [-0.39, 0.29) is 118 Å². The van der Waals surface area contributed by atoms with Gasteiger partial charge in [-0.3, -0.25) is 48.3 Å². The summed E-state index contributed by atoms with van der Waals surface area (Å²) in [6.45, 7) is 13.6. The third kappa shape index (κ3) is 19.9. The summed E-state index contributed by atoms with van der Waals surface area (Å²) in [6, 6.07) is 33.0. The van der Waals surface area contributed by atoms with Crippen molar-refractivity contribution < 1.29 is 117 Å². The maximum atomic E-state index is 13.5. The Labute approximate surface area is 657 Å². The fraction of sp³-hybridized carbons (Fsp3) is 0.282. The molecule has 598 valence electrons. The van der Waals surface area contributed by atoms with Gasteiger partial charge in [0.1, 0.15) is 28.6 Å². The molecule has 1 aromatic heterocycles. The first-order chi connectivity index (χ1) is 54.9. The largest absolute Gasteiger partial charge is 0.508 e. The lowest BCUT2D eigenvalue weighted by Gasteiger charge is -2.39. The molecule has 115 heavy (non-hydrogen) atoms. The Kier molecular flexibility index (Phi) is 28.4. The number of aromatic hydroxyl groups is 3. The molecule has 30 nitrogen and oxygen atoms in total. The molecule has 1 atom stereocenters. The average Bonchev–Trinajstić information content (AvgIpc) is 1.63. The molecular formula is C85H83N5O25. The Balaban J connectivity index is 0.000000205. The van der Waals surface area contributed by atoms with E-state index in [2.05, 4.69) is 54.3 Å². The Morgan fingerprint density at radius 1 is 0.504 bits per heavy atom. The van der Waals surface area contributed by atoms with Gasteiger partial charge in [0.2, 0.25) is 0 Å². The standard InChI is InChI=1S/C35H36N2O12.C34H32N2O4.C15H15NO7.CO2/c38-28-16-20-13-21-17-29(39)23(19-37(11-7-32(44)45)12-8-33(46)47)15-27(21)35(25-4-2-1-3-24(25)34(48)49-35)26(20)14-22(28)18-36(9-5-30(40)41)10-6-31(42)43;1-5-7-17-35-20-27-22(3)13-14-30-25(27)19-26-28(21-36-18-8-6-2)32(39-23(4)37)16-15-31(26)34(30)29-12-10-9-11-24(29)33(38)40-34;1-8-4-14(22)23-15-9(8)2-3-11(17)10(15)5-16(6-12(18)19)7-13(20)21;2-1-3/h1-4,14-17,38-39H,5-13,18-19H2,(H,40,41)(H,42,43)(H,44,45)(H,46,47);7-16,35-36H,1-2,17-21H2,3-4H3;2-4,17H,5-7H2,1H3,(H,18,19)(H,20,21);. The van der Waals surface area contributed by atoms with Crippen LogP contribution in [0, 0.1) is 13.8 Å². The summed E-state index contributed by atoms with van der Waals surface area (Å²) < 4.78 is 23.5. The molecule has 12 rings (SSSR count). The lowest BCUT2D eigenvalue weighted by molar-refractivity contribution is -0.192. The number of phenols is 3. The van der Waals surface area contributed by atoms with Gasteiger partial charge in [-0.2, -0.15) is 9.59 Å². The molecule has 0 amide bonds. The molecule has 3 heterocycles. The minimum absolute atomic E-state index is 0.00114. The summed E-state index contributed by atoms with van der Waals surface area (Å²) in [7, 11) is 0. The van der Waals surface area contributed by atoms with Crippen molar-refractivity contribution in [3.8, 4) is 23.0 Å². The van der Waals surface area contributed by atoms with Crippen LogP contribution in [0.2, 0.25) is 0 Å². The van der Waals surface area contributed by atoms with Crippen LogP contribution in [-0.2, 0) is 109 Å². The van der Waals surface area contributed by atoms with Gasteiger partial charge in [-0.05, 0) is 132 Å². The molecule has 30 heteroatoms. The predicted molar refractivity (Wildman–Crippen MR) is 409 cm³/mol. The van der Waals surface area contributed by atoms with Gasteiger partial charge in [0.15, 0.2) is 11.2 Å². The molecule has 0 fully saturated rings. The molecule has 0 saturated heterocycles. The van der Waals surface area contributed by atoms with Crippen molar-refractivity contribution in [2.75, 3.05) is 52.4 Å². The first-order valence-electron chi connectivity index (χ1n) is 36.0. The van der Waals surface area contributed by atoms with Crippen LogP contribution in [0.3, 0.4) is 0 Å². The highest BCUT2D eigenvalue weighted by atomic mass is 16.6. The second kappa shape index (κ2) is 38.2. The van der Waals surface area contributed by atoms with Crippen LogP contribution < -0.4 is 21.0 Å². The van der Waals surface area contributed by atoms with Crippen LogP contribution in [0.1, 0.15) is 148 Å². The lowest BCUT2D eigenvalue weighted by Crippen LogP contribution is -2.37. The zero-order valence-corrected chi connectivity index (χ0v) is 62.9. The number of fused-ring (bicyclic) bond motifs is 13. The van der Waals surface area contributed by atoms with E-state index in [1.54, 1.807) is 71.3 Å². The number of phenolic OH excluding ortho intramolecular Hbond substituents is 3. The van der Waals surface area contributed by atoms with Crippen molar-refractivity contribution in [2.24, 2.45) is 0 Å². The molecule has 0 bridgehead atoms. The number of rotatable bonds is 31. The topological polar surface area (TPSA) is 462 Å². The Morgan fingerprint density at radius 3 is 1.40 bits per heavy atom. The van der Waals surface area contributed by atoms with Crippen molar-refractivity contribution in [3.05, 3.63) is 268 Å². The van der Waals surface area contributed by atoms with Gasteiger partial charge in [0, 0.05) is 140 Å². The van der Waals surface area contributed by atoms with Gasteiger partial charge in [0.25, 0.3) is 0 Å². The van der Waals surface area contributed by atoms with Gasteiger partial charge in [-0.1, -0.05) is 67.8 Å². The molecule has 0 radical (unpaired) electrons. The molecule has 1 unspecified atom stereocenters. The van der Waals surface area contributed by atoms with Gasteiger partial charge in [-0.15, -0.1) is 11.5 Å². The number of carboxylic acids is 6. The fourth-order valence-corrected chi connectivity index (χ4v) is 14.8. The number of carbonyl (C=O) groups is 9. The highest BCUT2D eigenvalue weighted by Gasteiger charge is 2.55. The monoisotopic (exact) mass is 1570 g/mol. The number of hydrogen-bond donors (Lipinski definition) is 11. The number of esters is 3. The third-order valence-corrected chi connectivity index (χ3v) is 19.7. The molecule has 7 aromatic carbocycles. The maximum absolute atomic E-state index is 13.5. The lowest BCUT2D eigenvalue weighted by atomic mass is 9.68. The average molecular weight is 1570 g/mol. The van der Waals surface area contributed by atoms with E-state index in [0.717, 1.165) is 49.4 Å². The van der Waals surface area contributed by atoms with E-state index in [9.17, 15) is 83.7 Å². The van der Waals surface area contributed by atoms with E-state index in [1.165, 1.54) is 31.2 Å². The van der Waals surface area contributed by atoms with Crippen molar-refractivity contribution >= 4 is 70.8 Å². The van der Waals surface area contributed by atoms with Crippen LogP contribution in [-0.4, -0.2) is 173 Å². The van der Waals surface area contributed by atoms with Crippen molar-refractivity contribution in [1.29, 1.82) is 0 Å². The zero-order valence-electron chi connectivity index (χ0n) is 62.9. The Hall–Kier alpha value is -13.4. The number of aryl methyl sites for hydroxylation is 2. The number of carboxylic acid groups (broad SMARTS) is 6. The molecule has 0 saturated carbocycles. The van der Waals surface area contributed by atoms with Crippen LogP contribution in [0.5, 0.6) is 23.0 Å². The van der Waals surface area contributed by atoms with E-state index in [1.807, 2.05) is 36.4 Å². The minimum Gasteiger partial charge on any atom is -0.508 e. The number of benzene rings is 7. The number of aliphatic carboxylic acids is 6. The molecule has 2 spiro atoms. The van der Waals surface area contributed by atoms with Crippen molar-refractivity contribution in [3.63, 3.8) is 0 Å². The van der Waals surface area contributed by atoms with Crippen LogP contribution in [0.15, 0.2) is 161 Å². The van der Waals surface area contributed by atoms with E-state index in [4.69, 9.17) is 38.4 Å². The molecular weight excluding hydrogens is 1490 g/mol. The summed E-state index contributed by atoms with van der Waals surface area (Å²) in [5, 5.41) is 94.6. The third-order valence-electron chi connectivity index (χ3n) is 19.7. The molecule has 2 aliphatic heterocycles. The van der Waals surface area contributed by atoms with Gasteiger partial charge >= 0.3 is 65.5 Å². The molecule has 4 aliphatic rings. The quantitative estimate of drug-likeness (QED) is 0.00639. The zero-order chi connectivity index (χ0) is 83.6. The van der Waals surface area contributed by atoms with Gasteiger partial charge in [-0.25, -0.2) is 14.4 Å². The first kappa shape index (κ1) is 85.6. The van der Waals surface area contributed by atoms with E-state index in [0.29, 0.717) is 99.4 Å². The van der Waals surface area contributed by atoms with Gasteiger partial charge < -0.3 is 75.2 Å². The first-order valence-corrected chi connectivity index (χ1v) is 36.0. The summed E-state index contributed by atoms with van der Waals surface area (Å²) in [4.78, 5) is 138. The molecule has 2 aliphatic carbocycles. The Bertz CT molecular complexity index is 5210. The van der Waals surface area contributed by atoms with Gasteiger partial charge in [0.05, 0.1) is 55.5 Å². The summed E-state index contributed by atoms with van der Waals surface area (Å²) in [5.74, 6) is -8.00. The SMILES string of the molecule is C=C=CCNCc1c(C)ccc2c1Cc1c(ccc(OC(C)=O)c1CNCC=C=C)C21OC(=O)c2ccccc21.Cc1cc(=O)oc2c(CN(CC(=O)O)CC(=O)O)c(O)ccc12.O=C(O)CCN(CCC(=O)O)Cc1cc2c(cc1O)Cc1cc(O)c(CN(CCC(=O)O)CCC(=O)O)cc1C21OC(=O)c2ccccc21.O=C=O. The maximum Gasteiger partial charge on any atom is 0.373 e. The Morgan fingerprint density at radius 2 is 0.948 bits per heavy atom. The summed E-state index contributed by atoms with van der Waals surface area (Å²) in [6.07, 6.45) is 3.70. The second-order valence-corrected chi connectivity index (χ2v) is 27.3. The number of carbonyl (C=O) groups excluding carboxylic acids is 5. The normalized spacial score (nSPS) is 13.9. The molecule has 8 aromatic rings. The van der Waals surface area contributed by atoms with Crippen LogP contribution >= 0.6 is 0 Å². The summed E-state index contributed by atoms with van der Waals surface area (Å²) >= 11 is 0. The van der Waals surface area contributed by atoms with E-state index < -0.39 is 77.7 Å². The number of nitrogens with one attached hydrogen (secondary N) is 2. The summed E-state index contributed by atoms with van der Waals surface area (Å²) in [5.41, 5.74) is 15.4. The van der Waals surface area contributed by atoms with E-state index >= 15 is 0 Å². The number of ether oxygens (including phenoxy) is 3. The second-order valence-electron chi connectivity index (χ2n) is 27.3. The predicted octanol–water partition coefficient (Wildman–Crippen LogP) is 8.31. The highest BCUT2D eigenvalue weighted by molar-refractivity contribution is 5.98. The fourth-order valence-electron chi connectivity index (χ4n) is 14.8. The van der Waals surface area contributed by atoms with Crippen LogP contribution in [0.4, 0.5) is 0 Å². The number of hydrogen-bond acceptors (Lipinski definition) is 24. The van der Waals surface area contributed by atoms with Crippen molar-refractivity contribution in [2.45, 2.75) is 103 Å². The minimum atomic E-state index is -1.54. The smallest absolute Gasteiger partial charge is 0.373 e. The van der Waals surface area contributed by atoms with Crippen molar-refractivity contribution in [1.82, 2.24) is 25.3 Å².